The minimum Gasteiger partial charge on any atom is -0.355 e. The van der Waals surface area contributed by atoms with Crippen molar-refractivity contribution in [3.63, 3.8) is 0 Å². The Morgan fingerprint density at radius 1 is 1.23 bits per heavy atom. The molecule has 2 bridgehead atoms. The minimum absolute atomic E-state index is 0. The lowest BCUT2D eigenvalue weighted by atomic mass is 9.67. The quantitative estimate of drug-likeness (QED) is 0.827. The zero-order chi connectivity index (χ0) is 16.5. The van der Waals surface area contributed by atoms with Crippen molar-refractivity contribution in [2.45, 2.75) is 44.2 Å². The molecular formula is C18H24Cl2N4O2. The van der Waals surface area contributed by atoms with Crippen LogP contribution < -0.4 is 11.1 Å². The average molecular weight is 399 g/mol. The Bertz CT molecular complexity index is 711. The van der Waals surface area contributed by atoms with Crippen molar-refractivity contribution in [3.8, 4) is 11.3 Å². The maximum atomic E-state index is 12.6. The molecule has 8 heteroatoms. The molecule has 1 amide bonds. The van der Waals surface area contributed by atoms with Crippen LogP contribution in [0.1, 0.15) is 42.6 Å². The molecule has 0 spiro atoms. The molecular weight excluding hydrogens is 375 g/mol. The SMILES string of the molecule is Cl.Cl.NC1CC2CCCC(C1)C2NC(=O)c1cc(-c2cccnc2)on1. The van der Waals surface area contributed by atoms with E-state index < -0.39 is 0 Å². The summed E-state index contributed by atoms with van der Waals surface area (Å²) in [5.41, 5.74) is 7.28. The van der Waals surface area contributed by atoms with Gasteiger partial charge in [-0.05, 0) is 49.7 Å². The van der Waals surface area contributed by atoms with E-state index in [4.69, 9.17) is 10.3 Å². The van der Waals surface area contributed by atoms with Gasteiger partial charge in [0.15, 0.2) is 11.5 Å². The molecule has 2 heterocycles. The highest BCUT2D eigenvalue weighted by atomic mass is 35.5. The van der Waals surface area contributed by atoms with E-state index in [1.165, 1.54) is 6.42 Å². The van der Waals surface area contributed by atoms with Crippen molar-refractivity contribution in [1.29, 1.82) is 0 Å². The Labute approximate surface area is 165 Å². The standard InChI is InChI=1S/C18H22N4O2.2ClH/c19-14-7-11-3-1-4-12(8-14)17(11)21-18(23)15-9-16(24-22-15)13-5-2-6-20-10-13;;/h2,5-6,9-12,14,17H,1,3-4,7-8,19H2,(H,21,23);2*1H. The van der Waals surface area contributed by atoms with Crippen LogP contribution in [0.5, 0.6) is 0 Å². The summed E-state index contributed by atoms with van der Waals surface area (Å²) in [6.45, 7) is 0. The van der Waals surface area contributed by atoms with E-state index in [0.29, 0.717) is 23.3 Å². The second kappa shape index (κ2) is 8.84. The molecule has 142 valence electrons. The molecule has 0 aliphatic heterocycles. The second-order valence-electron chi connectivity index (χ2n) is 7.00. The van der Waals surface area contributed by atoms with Crippen molar-refractivity contribution in [3.05, 3.63) is 36.3 Å². The first-order chi connectivity index (χ1) is 11.7. The number of rotatable bonds is 3. The zero-order valence-electron chi connectivity index (χ0n) is 14.3. The van der Waals surface area contributed by atoms with Gasteiger partial charge in [0.25, 0.3) is 5.91 Å². The van der Waals surface area contributed by atoms with Crippen molar-refractivity contribution < 1.29 is 9.32 Å². The van der Waals surface area contributed by atoms with Crippen LogP contribution >= 0.6 is 24.8 Å². The summed E-state index contributed by atoms with van der Waals surface area (Å²) in [6.07, 6.45) is 8.92. The van der Waals surface area contributed by atoms with E-state index in [0.717, 1.165) is 31.2 Å². The maximum absolute atomic E-state index is 12.6. The lowest BCUT2D eigenvalue weighted by Crippen LogP contribution is -2.53. The largest absolute Gasteiger partial charge is 0.355 e. The molecule has 0 radical (unpaired) electrons. The van der Waals surface area contributed by atoms with Crippen LogP contribution in [0.4, 0.5) is 0 Å². The molecule has 2 saturated carbocycles. The first kappa shape index (κ1) is 20.7. The zero-order valence-corrected chi connectivity index (χ0v) is 16.0. The smallest absolute Gasteiger partial charge is 0.273 e. The number of carbonyl (C=O) groups is 1. The predicted molar refractivity (Wildman–Crippen MR) is 104 cm³/mol. The number of pyridine rings is 1. The molecule has 0 aromatic carbocycles. The highest BCUT2D eigenvalue weighted by Crippen LogP contribution is 2.39. The van der Waals surface area contributed by atoms with Crippen molar-refractivity contribution in [2.24, 2.45) is 17.6 Å². The summed E-state index contributed by atoms with van der Waals surface area (Å²) in [4.78, 5) is 16.6. The number of aromatic nitrogens is 2. The minimum atomic E-state index is -0.161. The molecule has 3 N–H and O–H groups in total. The summed E-state index contributed by atoms with van der Waals surface area (Å²) in [5.74, 6) is 1.37. The van der Waals surface area contributed by atoms with Gasteiger partial charge in [0.1, 0.15) is 0 Å². The Morgan fingerprint density at radius 3 is 2.62 bits per heavy atom. The third-order valence-corrected chi connectivity index (χ3v) is 5.36. The number of carbonyl (C=O) groups excluding carboxylic acids is 1. The number of nitrogens with one attached hydrogen (secondary N) is 1. The van der Waals surface area contributed by atoms with Gasteiger partial charge in [0.05, 0.1) is 0 Å². The molecule has 26 heavy (non-hydrogen) atoms. The number of nitrogens with zero attached hydrogens (tertiary/aromatic N) is 2. The van der Waals surface area contributed by atoms with Crippen molar-refractivity contribution in [2.75, 3.05) is 0 Å². The van der Waals surface area contributed by atoms with E-state index in [1.807, 2.05) is 12.1 Å². The molecule has 2 unspecified atom stereocenters. The highest BCUT2D eigenvalue weighted by molar-refractivity contribution is 5.93. The van der Waals surface area contributed by atoms with Gasteiger partial charge in [-0.3, -0.25) is 9.78 Å². The average Bonchev–Trinajstić information content (AvgIpc) is 3.07. The molecule has 2 fully saturated rings. The normalized spacial score (nSPS) is 27.0. The van der Waals surface area contributed by atoms with Crippen LogP contribution in [0.2, 0.25) is 0 Å². The van der Waals surface area contributed by atoms with Crippen LogP contribution in [0.3, 0.4) is 0 Å². The third-order valence-electron chi connectivity index (χ3n) is 5.36. The molecule has 2 aromatic heterocycles. The van der Waals surface area contributed by atoms with Crippen LogP contribution in [0.25, 0.3) is 11.3 Å². The molecule has 2 aliphatic rings. The summed E-state index contributed by atoms with van der Waals surface area (Å²) < 4.78 is 5.30. The lowest BCUT2D eigenvalue weighted by molar-refractivity contribution is 0.0748. The number of amides is 1. The number of halogens is 2. The Kier molecular flexibility index (Phi) is 7.03. The van der Waals surface area contributed by atoms with Crippen molar-refractivity contribution in [1.82, 2.24) is 15.5 Å². The highest BCUT2D eigenvalue weighted by Gasteiger charge is 2.40. The molecule has 0 saturated heterocycles. The van der Waals surface area contributed by atoms with Crippen LogP contribution in [-0.2, 0) is 0 Å². The van der Waals surface area contributed by atoms with Gasteiger partial charge in [-0.25, -0.2) is 0 Å². The monoisotopic (exact) mass is 398 g/mol. The van der Waals surface area contributed by atoms with Gasteiger partial charge in [-0.15, -0.1) is 24.8 Å². The fraction of sp³-hybridized carbons (Fsp3) is 0.500. The van der Waals surface area contributed by atoms with E-state index in [9.17, 15) is 4.79 Å². The van der Waals surface area contributed by atoms with Crippen LogP contribution in [0, 0.1) is 11.8 Å². The summed E-state index contributed by atoms with van der Waals surface area (Å²) in [6, 6.07) is 5.87. The van der Waals surface area contributed by atoms with Crippen LogP contribution in [0.15, 0.2) is 35.1 Å². The van der Waals surface area contributed by atoms with Gasteiger partial charge in [-0.2, -0.15) is 0 Å². The summed E-state index contributed by atoms with van der Waals surface area (Å²) in [7, 11) is 0. The molecule has 2 atom stereocenters. The molecule has 2 aromatic rings. The topological polar surface area (TPSA) is 94.0 Å². The summed E-state index contributed by atoms with van der Waals surface area (Å²) >= 11 is 0. The third kappa shape index (κ3) is 4.19. The Hall–Kier alpha value is -1.63. The van der Waals surface area contributed by atoms with Gasteiger partial charge < -0.3 is 15.6 Å². The molecule has 6 nitrogen and oxygen atoms in total. The fourth-order valence-corrected chi connectivity index (χ4v) is 4.28. The van der Waals surface area contributed by atoms with Gasteiger partial charge in [0.2, 0.25) is 0 Å². The van der Waals surface area contributed by atoms with Crippen molar-refractivity contribution >= 4 is 30.7 Å². The molecule has 4 rings (SSSR count). The van der Waals surface area contributed by atoms with Gasteiger partial charge >= 0.3 is 0 Å². The fourth-order valence-electron chi connectivity index (χ4n) is 4.28. The Morgan fingerprint density at radius 2 is 1.96 bits per heavy atom. The number of hydrogen-bond donors (Lipinski definition) is 2. The summed E-state index contributed by atoms with van der Waals surface area (Å²) in [5, 5.41) is 7.12. The maximum Gasteiger partial charge on any atom is 0.273 e. The van der Waals surface area contributed by atoms with E-state index in [-0.39, 0.29) is 42.8 Å². The van der Waals surface area contributed by atoms with E-state index >= 15 is 0 Å². The van der Waals surface area contributed by atoms with Gasteiger partial charge in [0, 0.05) is 36.1 Å². The first-order valence-corrected chi connectivity index (χ1v) is 8.64. The lowest BCUT2D eigenvalue weighted by Gasteiger charge is -2.45. The van der Waals surface area contributed by atoms with Gasteiger partial charge in [-0.1, -0.05) is 11.6 Å². The second-order valence-corrected chi connectivity index (χ2v) is 7.00. The Balaban J connectivity index is 0.00000121. The van der Waals surface area contributed by atoms with E-state index in [2.05, 4.69) is 15.5 Å². The molecule has 2 aliphatic carbocycles. The number of fused-ring (bicyclic) bond motifs is 2. The van der Waals surface area contributed by atoms with E-state index in [1.54, 1.807) is 18.5 Å². The van der Waals surface area contributed by atoms with Crippen LogP contribution in [-0.4, -0.2) is 28.1 Å². The first-order valence-electron chi connectivity index (χ1n) is 8.64. The number of hydrogen-bond acceptors (Lipinski definition) is 5. The predicted octanol–water partition coefficient (Wildman–Crippen LogP) is 3.22. The number of nitrogens with two attached hydrogens (primary N) is 1.